The molecule has 2 aromatic rings. The van der Waals surface area contributed by atoms with Crippen LogP contribution >= 0.6 is 11.8 Å². The van der Waals surface area contributed by atoms with Crippen LogP contribution in [0.25, 0.3) is 0 Å². The van der Waals surface area contributed by atoms with Crippen LogP contribution in [0.15, 0.2) is 53.5 Å². The number of amidine groups is 1. The van der Waals surface area contributed by atoms with Gasteiger partial charge in [0.1, 0.15) is 0 Å². The van der Waals surface area contributed by atoms with Gasteiger partial charge in [-0.2, -0.15) is 13.2 Å². The van der Waals surface area contributed by atoms with E-state index in [0.29, 0.717) is 17.2 Å². The molecule has 1 fully saturated rings. The topological polar surface area (TPSA) is 41.5 Å². The molecule has 0 saturated carbocycles. The van der Waals surface area contributed by atoms with E-state index >= 15 is 0 Å². The summed E-state index contributed by atoms with van der Waals surface area (Å²) < 4.78 is 37.8. The van der Waals surface area contributed by atoms with Crippen molar-refractivity contribution in [1.82, 2.24) is 5.32 Å². The first-order valence-corrected chi connectivity index (χ1v) is 8.48. The van der Waals surface area contributed by atoms with E-state index in [0.717, 1.165) is 23.4 Å². The van der Waals surface area contributed by atoms with E-state index in [-0.39, 0.29) is 5.91 Å². The number of carbonyl (C=O) groups is 1. The molecule has 0 aliphatic carbocycles. The lowest BCUT2D eigenvalue weighted by molar-refractivity contribution is -0.137. The molecule has 2 aromatic carbocycles. The Balaban J connectivity index is 1.68. The Hall–Kier alpha value is -2.28. The number of thioether (sulfide) groups is 1. The minimum Gasteiger partial charge on any atom is -0.304 e. The van der Waals surface area contributed by atoms with Crippen molar-refractivity contribution in [3.05, 3.63) is 65.2 Å². The number of carbonyl (C=O) groups excluding carboxylic acids is 1. The molecular weight excluding hydrogens is 349 g/mol. The van der Waals surface area contributed by atoms with Crippen molar-refractivity contribution in [2.24, 2.45) is 4.99 Å². The number of nitrogens with zero attached hydrogens (tertiary/aromatic N) is 1. The predicted molar refractivity (Wildman–Crippen MR) is 92.9 cm³/mol. The zero-order valence-corrected chi connectivity index (χ0v) is 14.1. The first kappa shape index (κ1) is 17.5. The molecule has 25 heavy (non-hydrogen) atoms. The third-order valence-corrected chi connectivity index (χ3v) is 4.83. The van der Waals surface area contributed by atoms with Gasteiger partial charge in [-0.05, 0) is 43.2 Å². The van der Waals surface area contributed by atoms with Crippen molar-refractivity contribution < 1.29 is 18.0 Å². The van der Waals surface area contributed by atoms with E-state index in [2.05, 4.69) is 10.3 Å². The Kier molecular flexibility index (Phi) is 4.85. The molecule has 1 unspecified atom stereocenters. The molecule has 1 atom stereocenters. The fourth-order valence-electron chi connectivity index (χ4n) is 2.37. The summed E-state index contributed by atoms with van der Waals surface area (Å²) in [6, 6.07) is 12.5. The van der Waals surface area contributed by atoms with E-state index in [4.69, 9.17) is 0 Å². The number of hydrogen-bond donors (Lipinski definition) is 1. The molecule has 1 heterocycles. The smallest absolute Gasteiger partial charge is 0.304 e. The van der Waals surface area contributed by atoms with Gasteiger partial charge in [0.25, 0.3) is 0 Å². The van der Waals surface area contributed by atoms with Crippen LogP contribution in [0.2, 0.25) is 0 Å². The predicted octanol–water partition coefficient (Wildman–Crippen LogP) is 4.48. The molecule has 3 nitrogen and oxygen atoms in total. The SMILES string of the molecule is Cc1ccc(N=C2NC(=O)C(Cc3ccc(C(F)(F)F)cc3)S2)cc1. The highest BCUT2D eigenvalue weighted by molar-refractivity contribution is 8.15. The van der Waals surface area contributed by atoms with Crippen LogP contribution in [0.4, 0.5) is 18.9 Å². The first-order valence-electron chi connectivity index (χ1n) is 7.60. The molecule has 1 amide bonds. The molecule has 7 heteroatoms. The van der Waals surface area contributed by atoms with Crippen molar-refractivity contribution in [2.75, 3.05) is 0 Å². The Morgan fingerprint density at radius 1 is 1.08 bits per heavy atom. The lowest BCUT2D eigenvalue weighted by Crippen LogP contribution is -2.26. The van der Waals surface area contributed by atoms with Crippen molar-refractivity contribution in [1.29, 1.82) is 0 Å². The fraction of sp³-hybridized carbons (Fsp3) is 0.222. The number of amides is 1. The molecule has 0 bridgehead atoms. The number of aryl methyl sites for hydroxylation is 1. The maximum atomic E-state index is 12.6. The zero-order chi connectivity index (χ0) is 18.0. The average Bonchev–Trinajstić information content (AvgIpc) is 2.89. The first-order chi connectivity index (χ1) is 11.8. The number of alkyl halides is 3. The van der Waals surface area contributed by atoms with Crippen molar-refractivity contribution >= 4 is 28.5 Å². The van der Waals surface area contributed by atoms with Crippen molar-refractivity contribution in [2.45, 2.75) is 24.8 Å². The Labute approximate surface area is 147 Å². The quantitative estimate of drug-likeness (QED) is 0.873. The van der Waals surface area contributed by atoms with Gasteiger partial charge >= 0.3 is 6.18 Å². The van der Waals surface area contributed by atoms with Crippen LogP contribution in [0.1, 0.15) is 16.7 Å². The van der Waals surface area contributed by atoms with Crippen LogP contribution in [0, 0.1) is 6.92 Å². The van der Waals surface area contributed by atoms with Gasteiger partial charge in [0.05, 0.1) is 16.5 Å². The van der Waals surface area contributed by atoms with Crippen LogP contribution in [-0.2, 0) is 17.4 Å². The van der Waals surface area contributed by atoms with Gasteiger partial charge in [-0.15, -0.1) is 0 Å². The molecule has 1 saturated heterocycles. The highest BCUT2D eigenvalue weighted by Gasteiger charge is 2.32. The molecule has 0 spiro atoms. The van der Waals surface area contributed by atoms with Crippen LogP contribution in [0.5, 0.6) is 0 Å². The summed E-state index contributed by atoms with van der Waals surface area (Å²) in [5.74, 6) is -0.184. The average molecular weight is 364 g/mol. The van der Waals surface area contributed by atoms with Gasteiger partial charge < -0.3 is 5.32 Å². The fourth-order valence-corrected chi connectivity index (χ4v) is 3.40. The monoisotopic (exact) mass is 364 g/mol. The summed E-state index contributed by atoms with van der Waals surface area (Å²) >= 11 is 1.29. The van der Waals surface area contributed by atoms with Gasteiger partial charge in [0.2, 0.25) is 5.91 Å². The van der Waals surface area contributed by atoms with E-state index in [1.54, 1.807) is 0 Å². The summed E-state index contributed by atoms with van der Waals surface area (Å²) in [4.78, 5) is 16.5. The third kappa shape index (κ3) is 4.42. The largest absolute Gasteiger partial charge is 0.416 e. The molecule has 0 radical (unpaired) electrons. The summed E-state index contributed by atoms with van der Waals surface area (Å²) in [6.07, 6.45) is -4.01. The van der Waals surface area contributed by atoms with Gasteiger partial charge in [0.15, 0.2) is 5.17 Å². The second-order valence-corrected chi connectivity index (χ2v) is 6.94. The van der Waals surface area contributed by atoms with E-state index < -0.39 is 17.0 Å². The van der Waals surface area contributed by atoms with Gasteiger partial charge in [-0.25, -0.2) is 4.99 Å². The Bertz CT molecular complexity index is 799. The minimum atomic E-state index is -4.36. The Morgan fingerprint density at radius 3 is 2.32 bits per heavy atom. The maximum absolute atomic E-state index is 12.6. The van der Waals surface area contributed by atoms with Gasteiger partial charge in [-0.3, -0.25) is 4.79 Å². The highest BCUT2D eigenvalue weighted by Crippen LogP contribution is 2.30. The summed E-state index contributed by atoms with van der Waals surface area (Å²) in [5, 5.41) is 2.82. The molecule has 1 aliphatic heterocycles. The summed E-state index contributed by atoms with van der Waals surface area (Å²) in [7, 11) is 0. The number of benzene rings is 2. The minimum absolute atomic E-state index is 0.184. The number of hydrogen-bond acceptors (Lipinski definition) is 3. The summed E-state index contributed by atoms with van der Waals surface area (Å²) in [6.45, 7) is 1.98. The Morgan fingerprint density at radius 2 is 1.72 bits per heavy atom. The lowest BCUT2D eigenvalue weighted by Gasteiger charge is -2.09. The van der Waals surface area contributed by atoms with E-state index in [9.17, 15) is 18.0 Å². The lowest BCUT2D eigenvalue weighted by atomic mass is 10.1. The van der Waals surface area contributed by atoms with Gasteiger partial charge in [0, 0.05) is 0 Å². The van der Waals surface area contributed by atoms with Crippen molar-refractivity contribution in [3.63, 3.8) is 0 Å². The molecule has 130 valence electrons. The van der Waals surface area contributed by atoms with Crippen molar-refractivity contribution in [3.8, 4) is 0 Å². The molecule has 1 aliphatic rings. The number of rotatable bonds is 3. The second-order valence-electron chi connectivity index (χ2n) is 5.75. The third-order valence-electron chi connectivity index (χ3n) is 3.74. The molecule has 1 N–H and O–H groups in total. The molecule has 3 rings (SSSR count). The second kappa shape index (κ2) is 6.92. The number of nitrogens with one attached hydrogen (secondary N) is 1. The molecule has 0 aromatic heterocycles. The normalized spacial score (nSPS) is 19.3. The van der Waals surface area contributed by atoms with E-state index in [1.165, 1.54) is 23.9 Å². The zero-order valence-electron chi connectivity index (χ0n) is 13.3. The highest BCUT2D eigenvalue weighted by atomic mass is 32.2. The van der Waals surface area contributed by atoms with E-state index in [1.807, 2.05) is 31.2 Å². The van der Waals surface area contributed by atoms with Crippen LogP contribution < -0.4 is 5.32 Å². The molecular formula is C18H15F3N2OS. The maximum Gasteiger partial charge on any atom is 0.416 e. The summed E-state index contributed by atoms with van der Waals surface area (Å²) in [5.41, 5.74) is 1.84. The standard InChI is InChI=1S/C18H15F3N2OS/c1-11-2-8-14(9-3-11)22-17-23-16(24)15(25-17)10-12-4-6-13(7-5-12)18(19,20)21/h2-9,15H,10H2,1H3,(H,22,23,24). The van der Waals surface area contributed by atoms with Crippen LogP contribution in [0.3, 0.4) is 0 Å². The number of halogens is 3. The van der Waals surface area contributed by atoms with Gasteiger partial charge in [-0.1, -0.05) is 41.6 Å². The van der Waals surface area contributed by atoms with Crippen LogP contribution in [-0.4, -0.2) is 16.3 Å². The number of aliphatic imine (C=N–C) groups is 1.